The number of benzene rings is 1. The summed E-state index contributed by atoms with van der Waals surface area (Å²) in [5, 5.41) is 3.89. The quantitative estimate of drug-likeness (QED) is 0.211. The SMILES string of the molecule is COc1cc(/C=N/NC(=O)C[N+]2=CN=C3C2C(=O)N(C)C(=O)N3C)ccc1OC(C)=O. The normalized spacial score (nSPS) is 18.0. The van der Waals surface area contributed by atoms with E-state index < -0.39 is 29.9 Å². The average molecular weight is 429 g/mol. The van der Waals surface area contributed by atoms with Crippen molar-refractivity contribution < 1.29 is 33.2 Å². The third-order valence-electron chi connectivity index (χ3n) is 4.57. The van der Waals surface area contributed by atoms with Gasteiger partial charge in [0.25, 0.3) is 30.0 Å². The van der Waals surface area contributed by atoms with Crippen molar-refractivity contribution in [2.45, 2.75) is 13.0 Å². The Hall–Kier alpha value is -4.09. The number of likely N-dealkylation sites (N-methyl/N-ethyl adjacent to an activating group) is 2. The van der Waals surface area contributed by atoms with Gasteiger partial charge in [-0.1, -0.05) is 0 Å². The lowest BCUT2D eigenvalue weighted by atomic mass is 10.1. The molecule has 12 heteroatoms. The van der Waals surface area contributed by atoms with Crippen LogP contribution in [-0.2, 0) is 14.4 Å². The minimum atomic E-state index is -0.847. The minimum absolute atomic E-state index is 0.189. The van der Waals surface area contributed by atoms with Crippen molar-refractivity contribution in [1.82, 2.24) is 15.2 Å². The number of carbonyl (C=O) groups excluding carboxylic acids is 4. The van der Waals surface area contributed by atoms with Gasteiger partial charge in [0.15, 0.2) is 18.0 Å². The zero-order valence-electron chi connectivity index (χ0n) is 17.4. The third-order valence-corrected chi connectivity index (χ3v) is 4.57. The van der Waals surface area contributed by atoms with Crippen molar-refractivity contribution in [3.8, 4) is 11.5 Å². The molecule has 1 saturated heterocycles. The van der Waals surface area contributed by atoms with Crippen molar-refractivity contribution in [3.63, 3.8) is 0 Å². The maximum absolute atomic E-state index is 12.4. The molecule has 12 nitrogen and oxygen atoms in total. The number of esters is 1. The Morgan fingerprint density at radius 2 is 2.00 bits per heavy atom. The molecule has 0 spiro atoms. The van der Waals surface area contributed by atoms with Crippen LogP contribution >= 0.6 is 0 Å². The van der Waals surface area contributed by atoms with E-state index in [1.54, 1.807) is 18.2 Å². The molecule has 0 saturated carbocycles. The predicted molar refractivity (Wildman–Crippen MR) is 108 cm³/mol. The number of carbonyl (C=O) groups is 4. The first-order valence-electron chi connectivity index (χ1n) is 9.13. The van der Waals surface area contributed by atoms with Crippen LogP contribution in [0.25, 0.3) is 0 Å². The van der Waals surface area contributed by atoms with Crippen LogP contribution in [0.4, 0.5) is 4.79 Å². The number of hydrazone groups is 1. The number of hydrogen-bond acceptors (Lipinski definition) is 8. The molecule has 1 fully saturated rings. The van der Waals surface area contributed by atoms with Crippen molar-refractivity contribution in [2.75, 3.05) is 27.7 Å². The smallest absolute Gasteiger partial charge is 0.333 e. The van der Waals surface area contributed by atoms with Gasteiger partial charge in [0.1, 0.15) is 0 Å². The highest BCUT2D eigenvalue weighted by Crippen LogP contribution is 2.27. The van der Waals surface area contributed by atoms with Gasteiger partial charge in [0.05, 0.1) is 13.3 Å². The Balaban J connectivity index is 1.61. The summed E-state index contributed by atoms with van der Waals surface area (Å²) in [4.78, 5) is 54.2. The second-order valence-corrected chi connectivity index (χ2v) is 6.71. The number of amidine groups is 1. The zero-order valence-corrected chi connectivity index (χ0v) is 17.4. The molecule has 0 bridgehead atoms. The second kappa shape index (κ2) is 8.73. The largest absolute Gasteiger partial charge is 0.493 e. The molecule has 4 amide bonds. The molecule has 2 heterocycles. The fraction of sp³-hybridized carbons (Fsp3) is 0.316. The van der Waals surface area contributed by atoms with Crippen molar-refractivity contribution in [1.29, 1.82) is 0 Å². The van der Waals surface area contributed by atoms with Crippen LogP contribution in [0, 0.1) is 0 Å². The van der Waals surface area contributed by atoms with Gasteiger partial charge in [-0.05, 0) is 28.8 Å². The molecular weight excluding hydrogens is 408 g/mol. The lowest BCUT2D eigenvalue weighted by Crippen LogP contribution is -2.61. The predicted octanol–water partition coefficient (Wildman–Crippen LogP) is -0.584. The molecule has 3 rings (SSSR count). The molecule has 2 aliphatic heterocycles. The average Bonchev–Trinajstić information content (AvgIpc) is 3.14. The molecule has 162 valence electrons. The number of urea groups is 1. The maximum atomic E-state index is 12.4. The molecule has 0 aromatic heterocycles. The maximum Gasteiger partial charge on any atom is 0.333 e. The summed E-state index contributed by atoms with van der Waals surface area (Å²) in [6, 6.07) is 3.43. The van der Waals surface area contributed by atoms with E-state index in [1.165, 1.54) is 50.2 Å². The summed E-state index contributed by atoms with van der Waals surface area (Å²) in [6.45, 7) is 1.09. The molecule has 1 unspecified atom stereocenters. The molecule has 1 N–H and O–H groups in total. The van der Waals surface area contributed by atoms with Crippen LogP contribution in [-0.4, -0.2) is 90.4 Å². The van der Waals surface area contributed by atoms with Gasteiger partial charge in [-0.15, -0.1) is 0 Å². The molecule has 2 aliphatic rings. The summed E-state index contributed by atoms with van der Waals surface area (Å²) in [7, 11) is 4.32. The first-order chi connectivity index (χ1) is 14.7. The van der Waals surface area contributed by atoms with Gasteiger partial charge in [0.2, 0.25) is 0 Å². The number of ether oxygens (including phenoxy) is 2. The van der Waals surface area contributed by atoms with E-state index >= 15 is 0 Å². The van der Waals surface area contributed by atoms with E-state index in [-0.39, 0.29) is 18.1 Å². The van der Waals surface area contributed by atoms with E-state index in [0.717, 1.165) is 4.90 Å². The van der Waals surface area contributed by atoms with Crippen LogP contribution in [0.3, 0.4) is 0 Å². The van der Waals surface area contributed by atoms with Crippen LogP contribution in [0.1, 0.15) is 12.5 Å². The first kappa shape index (κ1) is 21.6. The minimum Gasteiger partial charge on any atom is -0.493 e. The lowest BCUT2D eigenvalue weighted by molar-refractivity contribution is -0.519. The summed E-state index contributed by atoms with van der Waals surface area (Å²) in [6.07, 6.45) is 2.74. The van der Waals surface area contributed by atoms with E-state index in [9.17, 15) is 19.2 Å². The Kier molecular flexibility index (Phi) is 6.09. The highest BCUT2D eigenvalue weighted by Gasteiger charge is 2.50. The van der Waals surface area contributed by atoms with E-state index in [2.05, 4.69) is 15.5 Å². The number of amides is 4. The molecule has 31 heavy (non-hydrogen) atoms. The van der Waals surface area contributed by atoms with E-state index in [1.807, 2.05) is 0 Å². The Bertz CT molecular complexity index is 1050. The van der Waals surface area contributed by atoms with Gasteiger partial charge in [-0.3, -0.25) is 24.2 Å². The zero-order chi connectivity index (χ0) is 22.7. The number of nitrogens with one attached hydrogen (secondary N) is 1. The highest BCUT2D eigenvalue weighted by molar-refractivity contribution is 6.21. The van der Waals surface area contributed by atoms with Gasteiger partial charge in [0, 0.05) is 21.0 Å². The van der Waals surface area contributed by atoms with Crippen LogP contribution < -0.4 is 14.9 Å². The van der Waals surface area contributed by atoms with Crippen LogP contribution in [0.15, 0.2) is 28.3 Å². The van der Waals surface area contributed by atoms with Gasteiger partial charge >= 0.3 is 12.0 Å². The summed E-state index contributed by atoms with van der Waals surface area (Å²) < 4.78 is 11.6. The highest BCUT2D eigenvalue weighted by atomic mass is 16.6. The summed E-state index contributed by atoms with van der Waals surface area (Å²) >= 11 is 0. The second-order valence-electron chi connectivity index (χ2n) is 6.71. The molecule has 0 aliphatic carbocycles. The van der Waals surface area contributed by atoms with E-state index in [0.29, 0.717) is 11.3 Å². The Labute approximate surface area is 177 Å². The van der Waals surface area contributed by atoms with Crippen molar-refractivity contribution in [3.05, 3.63) is 23.8 Å². The Morgan fingerprint density at radius 1 is 1.26 bits per heavy atom. The lowest BCUT2D eigenvalue weighted by Gasteiger charge is -2.30. The number of nitrogens with zero attached hydrogens (tertiary/aromatic N) is 5. The third kappa shape index (κ3) is 4.42. The number of aliphatic imine (C=N–C) groups is 1. The summed E-state index contributed by atoms with van der Waals surface area (Å²) in [5.74, 6) is -0.558. The number of hydrogen-bond donors (Lipinski definition) is 1. The molecular formula is C19H21N6O6+. The van der Waals surface area contributed by atoms with Crippen molar-refractivity contribution >= 4 is 42.2 Å². The fourth-order valence-electron chi connectivity index (χ4n) is 3.06. The number of methoxy groups -OCH3 is 1. The van der Waals surface area contributed by atoms with Gasteiger partial charge in [-0.2, -0.15) is 5.10 Å². The number of imide groups is 1. The van der Waals surface area contributed by atoms with Crippen LogP contribution in [0.5, 0.6) is 11.5 Å². The first-order valence-corrected chi connectivity index (χ1v) is 9.13. The van der Waals surface area contributed by atoms with Gasteiger partial charge < -0.3 is 9.47 Å². The molecule has 1 atom stereocenters. The number of fused-ring (bicyclic) bond motifs is 1. The summed E-state index contributed by atoms with van der Waals surface area (Å²) in [5.41, 5.74) is 2.96. The van der Waals surface area contributed by atoms with E-state index in [4.69, 9.17) is 9.47 Å². The fourth-order valence-corrected chi connectivity index (χ4v) is 3.06. The number of rotatable bonds is 6. The van der Waals surface area contributed by atoms with Gasteiger partial charge in [-0.25, -0.2) is 14.8 Å². The topological polar surface area (TPSA) is 133 Å². The standard InChI is InChI=1S/C19H20N6O6/c1-11(26)31-13-6-5-12(7-14(13)30-4)8-21-22-15(27)9-25-10-20-17-16(25)18(28)24(3)19(29)23(17)2/h5-8,10,16H,9H2,1-4H3/p+1/b21-8+. The monoisotopic (exact) mass is 429 g/mol. The Morgan fingerprint density at radius 3 is 2.68 bits per heavy atom. The molecule has 0 radical (unpaired) electrons. The molecule has 1 aromatic carbocycles. The molecule has 1 aromatic rings. The van der Waals surface area contributed by atoms with Crippen molar-refractivity contribution in [2.24, 2.45) is 10.1 Å². The van der Waals surface area contributed by atoms with Crippen LogP contribution in [0.2, 0.25) is 0 Å².